The number of anilines is 1. The fourth-order valence-corrected chi connectivity index (χ4v) is 2.05. The molecule has 0 heterocycles. The average Bonchev–Trinajstić information content (AvgIpc) is 2.44. The highest BCUT2D eigenvalue weighted by Gasteiger charge is 2.16. The van der Waals surface area contributed by atoms with Crippen LogP contribution in [-0.4, -0.2) is 44.5 Å². The van der Waals surface area contributed by atoms with Gasteiger partial charge in [-0.1, -0.05) is 19.9 Å². The van der Waals surface area contributed by atoms with Crippen LogP contribution in [0.1, 0.15) is 25.8 Å². The number of hydrogen-bond donors (Lipinski definition) is 1. The molecule has 0 aliphatic carbocycles. The molecular weight excluding hydrogens is 269 g/mol. The zero-order valence-corrected chi connectivity index (χ0v) is 13.4. The van der Waals surface area contributed by atoms with Gasteiger partial charge in [-0.05, 0) is 30.7 Å². The van der Waals surface area contributed by atoms with Gasteiger partial charge >= 0.3 is 0 Å². The zero-order valence-electron chi connectivity index (χ0n) is 13.4. The van der Waals surface area contributed by atoms with Gasteiger partial charge in [0.2, 0.25) is 5.91 Å². The maximum Gasteiger partial charge on any atom is 0.241 e. The molecule has 0 saturated carbocycles. The number of hydrogen-bond acceptors (Lipinski definition) is 3. The standard InChI is InChI=1S/C16H26FN3O/c1-5-9-20(12-16(21)19(3)4)15-8-7-13(10-14(15)17)11-18-6-2/h7-8,10,18H,5-6,9,11-12H2,1-4H3. The van der Waals surface area contributed by atoms with Crippen molar-refractivity contribution in [3.63, 3.8) is 0 Å². The Morgan fingerprint density at radius 1 is 1.29 bits per heavy atom. The molecule has 1 aromatic carbocycles. The summed E-state index contributed by atoms with van der Waals surface area (Å²) < 4.78 is 14.3. The number of nitrogens with zero attached hydrogens (tertiary/aromatic N) is 2. The first-order valence-electron chi connectivity index (χ1n) is 7.43. The Bertz CT molecular complexity index is 463. The molecule has 0 aromatic heterocycles. The van der Waals surface area contributed by atoms with Gasteiger partial charge in [0.15, 0.2) is 0 Å². The van der Waals surface area contributed by atoms with Gasteiger partial charge in [-0.15, -0.1) is 0 Å². The Hall–Kier alpha value is -1.62. The van der Waals surface area contributed by atoms with Crippen molar-refractivity contribution in [2.75, 3.05) is 38.6 Å². The molecule has 118 valence electrons. The molecule has 0 aliphatic heterocycles. The lowest BCUT2D eigenvalue weighted by Crippen LogP contribution is -2.37. The predicted molar refractivity (Wildman–Crippen MR) is 85.0 cm³/mol. The van der Waals surface area contributed by atoms with Gasteiger partial charge in [0.05, 0.1) is 12.2 Å². The second-order valence-corrected chi connectivity index (χ2v) is 5.28. The SMILES string of the molecule is CCCN(CC(=O)N(C)C)c1ccc(CNCC)cc1F. The second kappa shape index (κ2) is 8.62. The molecule has 0 fully saturated rings. The van der Waals surface area contributed by atoms with Gasteiger partial charge in [-0.2, -0.15) is 0 Å². The molecule has 0 saturated heterocycles. The fourth-order valence-electron chi connectivity index (χ4n) is 2.05. The van der Waals surface area contributed by atoms with Crippen molar-refractivity contribution in [3.05, 3.63) is 29.6 Å². The van der Waals surface area contributed by atoms with Crippen LogP contribution >= 0.6 is 0 Å². The van der Waals surface area contributed by atoms with E-state index in [4.69, 9.17) is 0 Å². The summed E-state index contributed by atoms with van der Waals surface area (Å²) in [4.78, 5) is 15.2. The lowest BCUT2D eigenvalue weighted by molar-refractivity contribution is -0.127. The first-order chi connectivity index (χ1) is 9.99. The van der Waals surface area contributed by atoms with Gasteiger partial charge < -0.3 is 15.1 Å². The van der Waals surface area contributed by atoms with E-state index >= 15 is 0 Å². The van der Waals surface area contributed by atoms with Crippen LogP contribution < -0.4 is 10.2 Å². The lowest BCUT2D eigenvalue weighted by atomic mass is 10.1. The lowest BCUT2D eigenvalue weighted by Gasteiger charge is -2.26. The molecular formula is C16H26FN3O. The van der Waals surface area contributed by atoms with Crippen LogP contribution in [0.2, 0.25) is 0 Å². The first-order valence-corrected chi connectivity index (χ1v) is 7.43. The summed E-state index contributed by atoms with van der Waals surface area (Å²) in [6, 6.07) is 5.21. The van der Waals surface area contributed by atoms with Crippen molar-refractivity contribution in [2.24, 2.45) is 0 Å². The molecule has 5 heteroatoms. The summed E-state index contributed by atoms with van der Waals surface area (Å²) in [7, 11) is 3.42. The van der Waals surface area contributed by atoms with Crippen LogP contribution in [0.25, 0.3) is 0 Å². The second-order valence-electron chi connectivity index (χ2n) is 5.28. The Morgan fingerprint density at radius 3 is 2.52 bits per heavy atom. The summed E-state index contributed by atoms with van der Waals surface area (Å²) in [5.41, 5.74) is 1.40. The number of nitrogens with one attached hydrogen (secondary N) is 1. The van der Waals surface area contributed by atoms with E-state index in [1.807, 2.05) is 19.9 Å². The van der Waals surface area contributed by atoms with Crippen molar-refractivity contribution in [1.29, 1.82) is 0 Å². The molecule has 1 aromatic rings. The number of rotatable bonds is 8. The van der Waals surface area contributed by atoms with E-state index in [9.17, 15) is 9.18 Å². The summed E-state index contributed by atoms with van der Waals surface area (Å²) in [5, 5.41) is 3.17. The number of carbonyl (C=O) groups is 1. The number of benzene rings is 1. The molecule has 0 atom stereocenters. The molecule has 0 unspecified atom stereocenters. The van der Waals surface area contributed by atoms with Crippen molar-refractivity contribution in [3.8, 4) is 0 Å². The number of halogens is 1. The zero-order chi connectivity index (χ0) is 15.8. The van der Waals surface area contributed by atoms with Crippen LogP contribution in [0.15, 0.2) is 18.2 Å². The summed E-state index contributed by atoms with van der Waals surface area (Å²) in [6.45, 7) is 6.39. The van der Waals surface area contributed by atoms with Gasteiger partial charge in [-0.25, -0.2) is 4.39 Å². The molecule has 4 nitrogen and oxygen atoms in total. The van der Waals surface area contributed by atoms with Gasteiger partial charge in [0.1, 0.15) is 5.82 Å². The molecule has 0 aliphatic rings. The Labute approximate surface area is 126 Å². The highest BCUT2D eigenvalue weighted by molar-refractivity contribution is 5.81. The average molecular weight is 295 g/mol. The van der Waals surface area contributed by atoms with Crippen molar-refractivity contribution >= 4 is 11.6 Å². The van der Waals surface area contributed by atoms with Crippen molar-refractivity contribution in [2.45, 2.75) is 26.8 Å². The van der Waals surface area contributed by atoms with E-state index in [1.54, 1.807) is 31.1 Å². The molecule has 0 spiro atoms. The normalized spacial score (nSPS) is 10.5. The van der Waals surface area contributed by atoms with Crippen molar-refractivity contribution < 1.29 is 9.18 Å². The van der Waals surface area contributed by atoms with Gasteiger partial charge in [-0.3, -0.25) is 4.79 Å². The third kappa shape index (κ3) is 5.34. The molecule has 21 heavy (non-hydrogen) atoms. The van der Waals surface area contributed by atoms with Crippen LogP contribution in [-0.2, 0) is 11.3 Å². The Morgan fingerprint density at radius 2 is 2.00 bits per heavy atom. The highest BCUT2D eigenvalue weighted by atomic mass is 19.1. The molecule has 1 rings (SSSR count). The van der Waals surface area contributed by atoms with E-state index in [0.717, 1.165) is 18.5 Å². The van der Waals surface area contributed by atoms with Gasteiger partial charge in [0.25, 0.3) is 0 Å². The van der Waals surface area contributed by atoms with E-state index in [0.29, 0.717) is 18.8 Å². The van der Waals surface area contributed by atoms with Crippen LogP contribution in [0.3, 0.4) is 0 Å². The summed E-state index contributed by atoms with van der Waals surface area (Å²) >= 11 is 0. The van der Waals surface area contributed by atoms with Crippen molar-refractivity contribution in [1.82, 2.24) is 10.2 Å². The minimum Gasteiger partial charge on any atom is -0.360 e. The van der Waals surface area contributed by atoms with E-state index in [1.165, 1.54) is 4.90 Å². The van der Waals surface area contributed by atoms with E-state index in [-0.39, 0.29) is 18.3 Å². The summed E-state index contributed by atoms with van der Waals surface area (Å²) in [6.07, 6.45) is 0.860. The van der Waals surface area contributed by atoms with E-state index < -0.39 is 0 Å². The Balaban J connectivity index is 2.89. The molecule has 0 bridgehead atoms. The molecule has 1 amide bonds. The topological polar surface area (TPSA) is 35.6 Å². The van der Waals surface area contributed by atoms with Crippen LogP contribution in [0, 0.1) is 5.82 Å². The fraction of sp³-hybridized carbons (Fsp3) is 0.562. The quantitative estimate of drug-likeness (QED) is 0.799. The summed E-state index contributed by atoms with van der Waals surface area (Å²) in [5.74, 6) is -0.301. The third-order valence-electron chi connectivity index (χ3n) is 3.25. The number of amides is 1. The third-order valence-corrected chi connectivity index (χ3v) is 3.25. The monoisotopic (exact) mass is 295 g/mol. The smallest absolute Gasteiger partial charge is 0.241 e. The maximum absolute atomic E-state index is 14.3. The maximum atomic E-state index is 14.3. The van der Waals surface area contributed by atoms with Crippen LogP contribution in [0.5, 0.6) is 0 Å². The highest BCUT2D eigenvalue weighted by Crippen LogP contribution is 2.21. The minimum absolute atomic E-state index is 0.0282. The largest absolute Gasteiger partial charge is 0.360 e. The number of carbonyl (C=O) groups excluding carboxylic acids is 1. The minimum atomic E-state index is -0.273. The first kappa shape index (κ1) is 17.4. The van der Waals surface area contributed by atoms with Crippen LogP contribution in [0.4, 0.5) is 10.1 Å². The molecule has 0 radical (unpaired) electrons. The number of likely N-dealkylation sites (N-methyl/N-ethyl adjacent to an activating group) is 1. The molecule has 1 N–H and O–H groups in total. The predicted octanol–water partition coefficient (Wildman–Crippen LogP) is 2.24. The van der Waals surface area contributed by atoms with E-state index in [2.05, 4.69) is 5.32 Å². The van der Waals surface area contributed by atoms with Gasteiger partial charge in [0, 0.05) is 27.2 Å². The Kier molecular flexibility index (Phi) is 7.15.